The van der Waals surface area contributed by atoms with Crippen LogP contribution in [0.25, 0.3) is 0 Å². The molecule has 0 spiro atoms. The third kappa shape index (κ3) is 5.44. The Balaban J connectivity index is 1.57. The van der Waals surface area contributed by atoms with E-state index in [9.17, 15) is 14.4 Å². The first-order chi connectivity index (χ1) is 14.1. The van der Waals surface area contributed by atoms with Crippen LogP contribution in [0, 0.1) is 0 Å². The number of carbonyl (C=O) groups excluding carboxylic acids is 3. The van der Waals surface area contributed by atoms with Crippen LogP contribution in [0.5, 0.6) is 0 Å². The lowest BCUT2D eigenvalue weighted by molar-refractivity contribution is -0.119. The van der Waals surface area contributed by atoms with Crippen molar-refractivity contribution in [2.75, 3.05) is 28.6 Å². The molecule has 2 aromatic rings. The maximum absolute atomic E-state index is 12.5. The Morgan fingerprint density at radius 2 is 1.62 bits per heavy atom. The molecule has 4 amide bonds. The summed E-state index contributed by atoms with van der Waals surface area (Å²) in [5.74, 6) is -0.119. The summed E-state index contributed by atoms with van der Waals surface area (Å²) in [5, 5.41) is 8.12. The summed E-state index contributed by atoms with van der Waals surface area (Å²) in [6.45, 7) is 4.63. The lowest BCUT2D eigenvalue weighted by Crippen LogP contribution is -2.35. The molecule has 0 atom stereocenters. The summed E-state index contributed by atoms with van der Waals surface area (Å²) < 4.78 is 0. The van der Waals surface area contributed by atoms with E-state index in [2.05, 4.69) is 22.5 Å². The van der Waals surface area contributed by atoms with Gasteiger partial charge in [0.15, 0.2) is 0 Å². The molecule has 3 N–H and O–H groups in total. The highest BCUT2D eigenvalue weighted by Crippen LogP contribution is 2.22. The van der Waals surface area contributed by atoms with Crippen molar-refractivity contribution in [2.45, 2.75) is 19.3 Å². The van der Waals surface area contributed by atoms with Crippen LogP contribution < -0.4 is 20.9 Å². The fourth-order valence-electron chi connectivity index (χ4n) is 3.05. The minimum Gasteiger partial charge on any atom is -0.334 e. The van der Waals surface area contributed by atoms with Gasteiger partial charge in [0, 0.05) is 42.1 Å². The second-order valence-corrected chi connectivity index (χ2v) is 6.70. The topological polar surface area (TPSA) is 90.5 Å². The summed E-state index contributed by atoms with van der Waals surface area (Å²) in [5.41, 5.74) is 2.54. The molecule has 1 heterocycles. The van der Waals surface area contributed by atoms with Crippen LogP contribution in [0.15, 0.2) is 61.2 Å². The fraction of sp³-hybridized carbons (Fsp3) is 0.227. The van der Waals surface area contributed by atoms with Gasteiger partial charge in [0.05, 0.1) is 0 Å². The molecule has 0 aliphatic carbocycles. The first-order valence-electron chi connectivity index (χ1n) is 9.54. The molecule has 1 aliphatic rings. The molecule has 0 aromatic heterocycles. The van der Waals surface area contributed by atoms with Crippen LogP contribution in [0.1, 0.15) is 29.6 Å². The minimum absolute atomic E-state index is 0.125. The zero-order valence-electron chi connectivity index (χ0n) is 16.1. The van der Waals surface area contributed by atoms with Gasteiger partial charge in [-0.2, -0.15) is 0 Å². The van der Waals surface area contributed by atoms with Gasteiger partial charge < -0.3 is 20.9 Å². The van der Waals surface area contributed by atoms with Crippen LogP contribution in [-0.2, 0) is 4.79 Å². The van der Waals surface area contributed by atoms with E-state index in [-0.39, 0.29) is 17.8 Å². The molecule has 1 saturated heterocycles. The van der Waals surface area contributed by atoms with Crippen molar-refractivity contribution in [1.82, 2.24) is 5.32 Å². The second kappa shape index (κ2) is 9.54. The van der Waals surface area contributed by atoms with Crippen molar-refractivity contribution in [2.24, 2.45) is 0 Å². The zero-order valence-corrected chi connectivity index (χ0v) is 16.1. The number of hydrogen-bond donors (Lipinski definition) is 3. The van der Waals surface area contributed by atoms with Gasteiger partial charge in [-0.1, -0.05) is 6.08 Å². The molecule has 3 rings (SSSR count). The van der Waals surface area contributed by atoms with E-state index in [4.69, 9.17) is 0 Å². The molecule has 29 heavy (non-hydrogen) atoms. The average Bonchev–Trinajstić information content (AvgIpc) is 2.74. The zero-order chi connectivity index (χ0) is 20.6. The molecule has 0 unspecified atom stereocenters. The van der Waals surface area contributed by atoms with E-state index in [1.54, 1.807) is 59.5 Å². The van der Waals surface area contributed by atoms with Crippen molar-refractivity contribution in [3.63, 3.8) is 0 Å². The maximum Gasteiger partial charge on any atom is 0.319 e. The number of urea groups is 1. The predicted octanol–water partition coefficient (Wildman–Crippen LogP) is 3.76. The molecule has 7 heteroatoms. The predicted molar refractivity (Wildman–Crippen MR) is 114 cm³/mol. The van der Waals surface area contributed by atoms with Gasteiger partial charge in [-0.25, -0.2) is 4.79 Å². The van der Waals surface area contributed by atoms with E-state index in [1.165, 1.54) is 0 Å². The maximum atomic E-state index is 12.5. The van der Waals surface area contributed by atoms with E-state index >= 15 is 0 Å². The molecule has 150 valence electrons. The summed E-state index contributed by atoms with van der Waals surface area (Å²) in [7, 11) is 0. The highest BCUT2D eigenvalue weighted by atomic mass is 16.2. The number of nitrogens with one attached hydrogen (secondary N) is 3. The molecule has 1 fully saturated rings. The van der Waals surface area contributed by atoms with E-state index < -0.39 is 0 Å². The Kier molecular flexibility index (Phi) is 6.63. The van der Waals surface area contributed by atoms with Crippen LogP contribution >= 0.6 is 0 Å². The Morgan fingerprint density at radius 1 is 0.966 bits per heavy atom. The number of benzene rings is 2. The highest BCUT2D eigenvalue weighted by molar-refractivity contribution is 6.05. The third-order valence-corrected chi connectivity index (χ3v) is 4.57. The summed E-state index contributed by atoms with van der Waals surface area (Å²) in [4.78, 5) is 37.9. The third-order valence-electron chi connectivity index (χ3n) is 4.57. The van der Waals surface area contributed by atoms with Gasteiger partial charge in [0.2, 0.25) is 5.91 Å². The first kappa shape index (κ1) is 20.1. The highest BCUT2D eigenvalue weighted by Gasteiger charge is 2.19. The second-order valence-electron chi connectivity index (χ2n) is 6.70. The molecule has 0 radical (unpaired) electrons. The standard InChI is InChI=1S/C22H24N4O3/c1-2-14-23-22(29)25-18-10-8-17(9-11-18)24-21(28)16-6-12-19(13-7-16)26-15-4-3-5-20(26)27/h2,6-13H,1,3-5,14-15H2,(H,24,28)(H2,23,25,29). The number of carbonyl (C=O) groups is 3. The van der Waals surface area contributed by atoms with Crippen molar-refractivity contribution < 1.29 is 14.4 Å². The molecular formula is C22H24N4O3. The smallest absolute Gasteiger partial charge is 0.319 e. The number of piperidine rings is 1. The van der Waals surface area contributed by atoms with Crippen molar-refractivity contribution in [3.8, 4) is 0 Å². The quantitative estimate of drug-likeness (QED) is 0.654. The minimum atomic E-state index is -0.325. The molecule has 0 bridgehead atoms. The number of nitrogens with zero attached hydrogens (tertiary/aromatic N) is 1. The number of anilines is 3. The number of amides is 4. The lowest BCUT2D eigenvalue weighted by Gasteiger charge is -2.26. The summed E-state index contributed by atoms with van der Waals surface area (Å²) in [6.07, 6.45) is 4.09. The largest absolute Gasteiger partial charge is 0.334 e. The van der Waals surface area contributed by atoms with Gasteiger partial charge >= 0.3 is 6.03 Å². The molecule has 0 saturated carbocycles. The number of hydrogen-bond acceptors (Lipinski definition) is 3. The van der Waals surface area contributed by atoms with E-state index in [1.807, 2.05) is 0 Å². The Bertz CT molecular complexity index is 891. The van der Waals surface area contributed by atoms with Crippen LogP contribution in [0.4, 0.5) is 21.9 Å². The molecule has 1 aliphatic heterocycles. The number of rotatable bonds is 6. The Hall–Kier alpha value is -3.61. The van der Waals surface area contributed by atoms with Gasteiger partial charge in [-0.05, 0) is 61.4 Å². The van der Waals surface area contributed by atoms with Crippen LogP contribution in [0.2, 0.25) is 0 Å². The normalized spacial score (nSPS) is 13.5. The van der Waals surface area contributed by atoms with Crippen LogP contribution in [-0.4, -0.2) is 30.9 Å². The summed E-state index contributed by atoms with van der Waals surface area (Å²) in [6, 6.07) is 13.5. The van der Waals surface area contributed by atoms with Gasteiger partial charge in [0.1, 0.15) is 0 Å². The first-order valence-corrected chi connectivity index (χ1v) is 9.54. The van der Waals surface area contributed by atoms with Crippen molar-refractivity contribution in [1.29, 1.82) is 0 Å². The molecule has 2 aromatic carbocycles. The SMILES string of the molecule is C=CCNC(=O)Nc1ccc(NC(=O)c2ccc(N3CCCCC3=O)cc2)cc1. The summed E-state index contributed by atoms with van der Waals surface area (Å²) >= 11 is 0. The monoisotopic (exact) mass is 392 g/mol. The lowest BCUT2D eigenvalue weighted by atomic mass is 10.1. The van der Waals surface area contributed by atoms with Gasteiger partial charge in [-0.3, -0.25) is 9.59 Å². The van der Waals surface area contributed by atoms with E-state index in [0.717, 1.165) is 25.1 Å². The van der Waals surface area contributed by atoms with Crippen molar-refractivity contribution >= 4 is 34.9 Å². The van der Waals surface area contributed by atoms with Gasteiger partial charge in [0.25, 0.3) is 5.91 Å². The Labute approximate surface area is 169 Å². The molecule has 7 nitrogen and oxygen atoms in total. The van der Waals surface area contributed by atoms with Crippen molar-refractivity contribution in [3.05, 3.63) is 66.7 Å². The molecular weight excluding hydrogens is 368 g/mol. The van der Waals surface area contributed by atoms with E-state index in [0.29, 0.717) is 29.9 Å². The Morgan fingerprint density at radius 3 is 2.24 bits per heavy atom. The van der Waals surface area contributed by atoms with Gasteiger partial charge in [-0.15, -0.1) is 6.58 Å². The van der Waals surface area contributed by atoms with Crippen LogP contribution in [0.3, 0.4) is 0 Å². The average molecular weight is 392 g/mol. The fourth-order valence-corrected chi connectivity index (χ4v) is 3.05.